The minimum atomic E-state index is -1.03. The molecule has 0 aromatic heterocycles. The maximum Gasteiger partial charge on any atom is 0.270 e. The number of hydrogen-bond acceptors (Lipinski definition) is 5. The Kier molecular flexibility index (Phi) is 5.89. The molecule has 2 aromatic rings. The normalized spacial score (nSPS) is 13.3. The number of non-ortho nitro benzene ring substituents is 1. The summed E-state index contributed by atoms with van der Waals surface area (Å²) in [4.78, 5) is 10.5. The van der Waals surface area contributed by atoms with Gasteiger partial charge in [-0.2, -0.15) is 0 Å². The zero-order valence-corrected chi connectivity index (χ0v) is 13.9. The summed E-state index contributed by atoms with van der Waals surface area (Å²) in [7, 11) is 0. The summed E-state index contributed by atoms with van der Waals surface area (Å²) in [5.74, 6) is 0.606. The molecule has 1 atom stereocenters. The summed E-state index contributed by atoms with van der Waals surface area (Å²) in [5, 5.41) is 24.7. The molecule has 0 radical (unpaired) electrons. The Hall–Kier alpha value is -2.44. The van der Waals surface area contributed by atoms with Gasteiger partial charge in [-0.25, -0.2) is 0 Å². The number of aliphatic hydroxyl groups is 1. The maximum atomic E-state index is 10.9. The lowest BCUT2D eigenvalue weighted by atomic mass is 9.96. The van der Waals surface area contributed by atoms with Gasteiger partial charge in [0.1, 0.15) is 5.75 Å². The summed E-state index contributed by atoms with van der Waals surface area (Å²) >= 11 is 0. The van der Waals surface area contributed by atoms with E-state index < -0.39 is 10.5 Å². The third-order valence-electron chi connectivity index (χ3n) is 3.74. The van der Waals surface area contributed by atoms with Gasteiger partial charge in [0.2, 0.25) is 0 Å². The van der Waals surface area contributed by atoms with Crippen molar-refractivity contribution in [3.63, 3.8) is 0 Å². The molecule has 24 heavy (non-hydrogen) atoms. The summed E-state index contributed by atoms with van der Waals surface area (Å²) in [6.07, 6.45) is 0. The summed E-state index contributed by atoms with van der Waals surface area (Å²) < 4.78 is 5.51. The molecular formula is C18H22N2O4. The lowest BCUT2D eigenvalue weighted by Gasteiger charge is -2.24. The first-order chi connectivity index (χ1) is 11.4. The molecule has 0 amide bonds. The second-order valence-electron chi connectivity index (χ2n) is 5.73. The van der Waals surface area contributed by atoms with E-state index in [0.29, 0.717) is 31.0 Å². The number of nitrogens with zero attached hydrogens (tertiary/aromatic N) is 1. The van der Waals surface area contributed by atoms with Gasteiger partial charge in [-0.15, -0.1) is 0 Å². The van der Waals surface area contributed by atoms with Crippen molar-refractivity contribution < 1.29 is 14.8 Å². The summed E-state index contributed by atoms with van der Waals surface area (Å²) in [6.45, 7) is 4.74. The van der Waals surface area contributed by atoms with Crippen molar-refractivity contribution in [3.8, 4) is 5.75 Å². The van der Waals surface area contributed by atoms with Crippen molar-refractivity contribution >= 4 is 5.69 Å². The first-order valence-electron chi connectivity index (χ1n) is 7.83. The molecule has 6 heteroatoms. The fourth-order valence-electron chi connectivity index (χ4n) is 2.45. The average molecular weight is 330 g/mol. The predicted molar refractivity (Wildman–Crippen MR) is 92.0 cm³/mol. The van der Waals surface area contributed by atoms with Crippen LogP contribution in [0.3, 0.4) is 0 Å². The van der Waals surface area contributed by atoms with Crippen molar-refractivity contribution in [2.45, 2.75) is 26.0 Å². The Morgan fingerprint density at radius 1 is 1.25 bits per heavy atom. The molecule has 0 saturated carbocycles. The van der Waals surface area contributed by atoms with Gasteiger partial charge in [-0.3, -0.25) is 10.1 Å². The van der Waals surface area contributed by atoms with Gasteiger partial charge in [0.05, 0.1) is 17.1 Å². The van der Waals surface area contributed by atoms with Crippen LogP contribution in [0.25, 0.3) is 0 Å². The van der Waals surface area contributed by atoms with Crippen LogP contribution in [0.15, 0.2) is 48.5 Å². The molecule has 2 N–H and O–H groups in total. The Morgan fingerprint density at radius 2 is 1.96 bits per heavy atom. The van der Waals surface area contributed by atoms with Crippen LogP contribution in [0, 0.1) is 10.1 Å². The highest BCUT2D eigenvalue weighted by Gasteiger charge is 2.22. The monoisotopic (exact) mass is 330 g/mol. The maximum absolute atomic E-state index is 10.9. The summed E-state index contributed by atoms with van der Waals surface area (Å²) in [5.41, 5.74) is 0.481. The molecule has 0 heterocycles. The molecule has 128 valence electrons. The third kappa shape index (κ3) is 4.53. The molecule has 0 aliphatic carbocycles. The number of benzene rings is 2. The molecule has 0 bridgehead atoms. The van der Waals surface area contributed by atoms with Crippen LogP contribution >= 0.6 is 0 Å². The lowest BCUT2D eigenvalue weighted by molar-refractivity contribution is -0.384. The molecule has 2 aromatic carbocycles. The highest BCUT2D eigenvalue weighted by atomic mass is 16.6. The lowest BCUT2D eigenvalue weighted by Crippen LogP contribution is -2.35. The second-order valence-corrected chi connectivity index (χ2v) is 5.73. The fraction of sp³-hybridized carbons (Fsp3) is 0.333. The number of nitrogens with one attached hydrogen (secondary N) is 1. The topological polar surface area (TPSA) is 84.6 Å². The van der Waals surface area contributed by atoms with Gasteiger partial charge >= 0.3 is 0 Å². The molecular weight excluding hydrogens is 308 g/mol. The van der Waals surface area contributed by atoms with E-state index in [1.54, 1.807) is 13.0 Å². The molecule has 0 spiro atoms. The minimum Gasteiger partial charge on any atom is -0.494 e. The summed E-state index contributed by atoms with van der Waals surface area (Å²) in [6, 6.07) is 13.9. The number of rotatable bonds is 8. The first kappa shape index (κ1) is 17.9. The highest BCUT2D eigenvalue weighted by molar-refractivity contribution is 5.43. The van der Waals surface area contributed by atoms with Gasteiger partial charge in [-0.1, -0.05) is 30.3 Å². The number of ether oxygens (including phenoxy) is 1. The smallest absolute Gasteiger partial charge is 0.270 e. The van der Waals surface area contributed by atoms with Crippen molar-refractivity contribution in [2.75, 3.05) is 13.2 Å². The average Bonchev–Trinajstić information content (AvgIpc) is 2.57. The number of nitro groups is 1. The minimum absolute atomic E-state index is 0.0186. The van der Waals surface area contributed by atoms with Crippen LogP contribution in [0.5, 0.6) is 5.75 Å². The van der Waals surface area contributed by atoms with Gasteiger partial charge in [-0.05, 0) is 25.5 Å². The zero-order chi connectivity index (χ0) is 17.6. The zero-order valence-electron chi connectivity index (χ0n) is 13.9. The van der Waals surface area contributed by atoms with Crippen LogP contribution in [-0.4, -0.2) is 23.2 Å². The fourth-order valence-corrected chi connectivity index (χ4v) is 2.45. The molecule has 0 aliphatic rings. The van der Waals surface area contributed by atoms with Crippen molar-refractivity contribution in [2.24, 2.45) is 0 Å². The van der Waals surface area contributed by atoms with E-state index in [1.807, 2.05) is 37.3 Å². The van der Waals surface area contributed by atoms with Crippen LogP contribution in [-0.2, 0) is 12.1 Å². The van der Waals surface area contributed by atoms with E-state index >= 15 is 0 Å². The van der Waals surface area contributed by atoms with Gasteiger partial charge in [0.25, 0.3) is 5.69 Å². The predicted octanol–water partition coefficient (Wildman–Crippen LogP) is 2.99. The second kappa shape index (κ2) is 7.90. The Morgan fingerprint density at radius 3 is 2.58 bits per heavy atom. The van der Waals surface area contributed by atoms with E-state index in [4.69, 9.17) is 4.74 Å². The highest BCUT2D eigenvalue weighted by Crippen LogP contribution is 2.25. The van der Waals surface area contributed by atoms with Crippen molar-refractivity contribution in [3.05, 3.63) is 69.8 Å². The molecule has 0 fully saturated rings. The van der Waals surface area contributed by atoms with E-state index in [-0.39, 0.29) is 5.69 Å². The van der Waals surface area contributed by atoms with Crippen molar-refractivity contribution in [1.29, 1.82) is 0 Å². The largest absolute Gasteiger partial charge is 0.494 e. The Labute approximate surface area is 141 Å². The number of hydrogen-bond donors (Lipinski definition) is 2. The Bertz CT molecular complexity index is 687. The van der Waals surface area contributed by atoms with E-state index in [2.05, 4.69) is 5.32 Å². The van der Waals surface area contributed by atoms with Gasteiger partial charge < -0.3 is 15.2 Å². The SMILES string of the molecule is CCOc1ccc([N+](=O)[O-])cc1CNCC(C)(O)c1ccccc1. The first-order valence-corrected chi connectivity index (χ1v) is 7.83. The van der Waals surface area contributed by atoms with Gasteiger partial charge in [0, 0.05) is 30.8 Å². The van der Waals surface area contributed by atoms with Crippen molar-refractivity contribution in [1.82, 2.24) is 5.32 Å². The molecule has 0 aliphatic heterocycles. The van der Waals surface area contributed by atoms with Gasteiger partial charge in [0.15, 0.2) is 0 Å². The van der Waals surface area contributed by atoms with Crippen LogP contribution < -0.4 is 10.1 Å². The third-order valence-corrected chi connectivity index (χ3v) is 3.74. The molecule has 2 rings (SSSR count). The standard InChI is InChI=1S/C18H22N2O4/c1-3-24-17-10-9-16(20(22)23)11-14(17)12-19-13-18(2,21)15-7-5-4-6-8-15/h4-11,19,21H,3,12-13H2,1-2H3. The van der Waals surface area contributed by atoms with E-state index in [0.717, 1.165) is 5.56 Å². The van der Waals surface area contributed by atoms with Crippen LogP contribution in [0.2, 0.25) is 0 Å². The van der Waals surface area contributed by atoms with Crippen LogP contribution in [0.1, 0.15) is 25.0 Å². The van der Waals surface area contributed by atoms with E-state index in [1.165, 1.54) is 12.1 Å². The number of nitro benzene ring substituents is 1. The quantitative estimate of drug-likeness (QED) is 0.574. The Balaban J connectivity index is 2.07. The van der Waals surface area contributed by atoms with E-state index in [9.17, 15) is 15.2 Å². The van der Waals surface area contributed by atoms with Crippen LogP contribution in [0.4, 0.5) is 5.69 Å². The molecule has 6 nitrogen and oxygen atoms in total. The molecule has 0 saturated heterocycles. The molecule has 1 unspecified atom stereocenters.